The van der Waals surface area contributed by atoms with Gasteiger partial charge in [-0.3, -0.25) is 9.59 Å². The highest BCUT2D eigenvalue weighted by Gasteiger charge is 2.18. The van der Waals surface area contributed by atoms with Crippen LogP contribution in [0.3, 0.4) is 0 Å². The Morgan fingerprint density at radius 1 is 1.04 bits per heavy atom. The number of esters is 1. The van der Waals surface area contributed by atoms with E-state index in [0.29, 0.717) is 18.1 Å². The maximum atomic E-state index is 12.2. The van der Waals surface area contributed by atoms with Gasteiger partial charge in [0.05, 0.1) is 24.2 Å². The van der Waals surface area contributed by atoms with E-state index in [4.69, 9.17) is 14.2 Å². The molecule has 28 heavy (non-hydrogen) atoms. The SMILES string of the molecule is CCOc1ccc(S(=O)(=O)NCC(=O)OCC(=O)c2ccccc2OC)cc1. The number of nitrogens with one attached hydrogen (secondary N) is 1. The molecular weight excluding hydrogens is 386 g/mol. The lowest BCUT2D eigenvalue weighted by Gasteiger charge is -2.09. The van der Waals surface area contributed by atoms with Gasteiger partial charge in [-0.2, -0.15) is 4.72 Å². The molecule has 9 heteroatoms. The first-order valence-corrected chi connectivity index (χ1v) is 9.90. The van der Waals surface area contributed by atoms with E-state index in [9.17, 15) is 18.0 Å². The summed E-state index contributed by atoms with van der Waals surface area (Å²) in [5.74, 6) is -0.437. The maximum absolute atomic E-state index is 12.2. The van der Waals surface area contributed by atoms with E-state index in [1.165, 1.54) is 31.4 Å². The molecule has 0 fully saturated rings. The fraction of sp³-hybridized carbons (Fsp3) is 0.263. The maximum Gasteiger partial charge on any atom is 0.321 e. The number of methoxy groups -OCH3 is 1. The Balaban J connectivity index is 1.88. The molecule has 0 aliphatic carbocycles. The smallest absolute Gasteiger partial charge is 0.321 e. The van der Waals surface area contributed by atoms with Crippen LogP contribution in [0.1, 0.15) is 17.3 Å². The molecule has 2 aromatic rings. The highest BCUT2D eigenvalue weighted by atomic mass is 32.2. The number of para-hydroxylation sites is 1. The monoisotopic (exact) mass is 407 g/mol. The van der Waals surface area contributed by atoms with Crippen molar-refractivity contribution in [3.05, 3.63) is 54.1 Å². The van der Waals surface area contributed by atoms with Gasteiger partial charge in [-0.05, 0) is 43.3 Å². The van der Waals surface area contributed by atoms with E-state index in [0.717, 1.165) is 0 Å². The summed E-state index contributed by atoms with van der Waals surface area (Å²) in [5, 5.41) is 0. The van der Waals surface area contributed by atoms with Gasteiger partial charge in [0, 0.05) is 0 Å². The van der Waals surface area contributed by atoms with Crippen molar-refractivity contribution in [2.75, 3.05) is 26.9 Å². The van der Waals surface area contributed by atoms with E-state index >= 15 is 0 Å². The number of rotatable bonds is 10. The average Bonchev–Trinajstić information content (AvgIpc) is 2.71. The number of hydrogen-bond acceptors (Lipinski definition) is 7. The first-order valence-electron chi connectivity index (χ1n) is 8.41. The Bertz CT molecular complexity index is 924. The zero-order chi connectivity index (χ0) is 20.6. The van der Waals surface area contributed by atoms with Crippen molar-refractivity contribution in [2.24, 2.45) is 0 Å². The Labute approximate surface area is 163 Å². The molecule has 0 aliphatic heterocycles. The van der Waals surface area contributed by atoms with Crippen LogP contribution in [0.4, 0.5) is 0 Å². The van der Waals surface area contributed by atoms with Crippen molar-refractivity contribution in [2.45, 2.75) is 11.8 Å². The summed E-state index contributed by atoms with van der Waals surface area (Å²) >= 11 is 0. The first-order chi connectivity index (χ1) is 13.4. The summed E-state index contributed by atoms with van der Waals surface area (Å²) in [6, 6.07) is 12.3. The van der Waals surface area contributed by atoms with Crippen LogP contribution in [0.15, 0.2) is 53.4 Å². The summed E-state index contributed by atoms with van der Waals surface area (Å²) in [6.07, 6.45) is 0. The molecule has 0 spiro atoms. The van der Waals surface area contributed by atoms with Gasteiger partial charge in [0.25, 0.3) is 0 Å². The highest BCUT2D eigenvalue weighted by Crippen LogP contribution is 2.18. The number of carbonyl (C=O) groups is 2. The lowest BCUT2D eigenvalue weighted by atomic mass is 10.1. The van der Waals surface area contributed by atoms with Gasteiger partial charge < -0.3 is 14.2 Å². The molecular formula is C19H21NO7S. The standard InChI is InChI=1S/C19H21NO7S/c1-3-26-14-8-10-15(11-9-14)28(23,24)20-12-19(22)27-13-17(21)16-6-4-5-7-18(16)25-2/h4-11,20H,3,12-13H2,1-2H3. The fourth-order valence-electron chi connectivity index (χ4n) is 2.27. The lowest BCUT2D eigenvalue weighted by molar-refractivity contribution is -0.141. The van der Waals surface area contributed by atoms with Crippen LogP contribution < -0.4 is 14.2 Å². The summed E-state index contributed by atoms with van der Waals surface area (Å²) in [7, 11) is -2.48. The quantitative estimate of drug-likeness (QED) is 0.473. The van der Waals surface area contributed by atoms with Crippen LogP contribution in [-0.2, 0) is 19.6 Å². The minimum absolute atomic E-state index is 0.0196. The average molecular weight is 407 g/mol. The van der Waals surface area contributed by atoms with Gasteiger partial charge in [0.1, 0.15) is 18.0 Å². The molecule has 2 rings (SSSR count). The molecule has 0 atom stereocenters. The van der Waals surface area contributed by atoms with E-state index in [-0.39, 0.29) is 10.5 Å². The third-order valence-electron chi connectivity index (χ3n) is 3.62. The van der Waals surface area contributed by atoms with E-state index in [1.54, 1.807) is 24.3 Å². The van der Waals surface area contributed by atoms with Gasteiger partial charge in [0.15, 0.2) is 6.61 Å². The number of Topliss-reactive ketones (excluding diaryl/α,β-unsaturated/α-hetero) is 1. The lowest BCUT2D eigenvalue weighted by Crippen LogP contribution is -2.31. The second-order valence-corrected chi connectivity index (χ2v) is 7.28. The van der Waals surface area contributed by atoms with Crippen LogP contribution >= 0.6 is 0 Å². The van der Waals surface area contributed by atoms with Crippen molar-refractivity contribution < 1.29 is 32.2 Å². The molecule has 0 aromatic heterocycles. The van der Waals surface area contributed by atoms with E-state index < -0.39 is 34.9 Å². The molecule has 8 nitrogen and oxygen atoms in total. The normalized spacial score (nSPS) is 10.9. The molecule has 0 unspecified atom stereocenters. The van der Waals surface area contributed by atoms with Gasteiger partial charge >= 0.3 is 5.97 Å². The van der Waals surface area contributed by atoms with Gasteiger partial charge in [0.2, 0.25) is 15.8 Å². The predicted molar refractivity (Wildman–Crippen MR) is 101 cm³/mol. The number of sulfonamides is 1. The number of benzene rings is 2. The Kier molecular flexibility index (Phi) is 7.53. The van der Waals surface area contributed by atoms with E-state index in [2.05, 4.69) is 4.72 Å². The topological polar surface area (TPSA) is 108 Å². The molecule has 0 saturated carbocycles. The van der Waals surface area contributed by atoms with Gasteiger partial charge in [-0.1, -0.05) is 12.1 Å². The molecule has 0 bridgehead atoms. The number of ketones is 1. The fourth-order valence-corrected chi connectivity index (χ4v) is 3.24. The Morgan fingerprint density at radius 2 is 1.71 bits per heavy atom. The van der Waals surface area contributed by atoms with Crippen molar-refractivity contribution >= 4 is 21.8 Å². The summed E-state index contributed by atoms with van der Waals surface area (Å²) in [5.41, 5.74) is 0.271. The van der Waals surface area contributed by atoms with Crippen LogP contribution in [-0.4, -0.2) is 47.0 Å². The molecule has 2 aromatic carbocycles. The third-order valence-corrected chi connectivity index (χ3v) is 5.04. The van der Waals surface area contributed by atoms with Crippen LogP contribution in [0.25, 0.3) is 0 Å². The largest absolute Gasteiger partial charge is 0.496 e. The molecule has 0 saturated heterocycles. The van der Waals surface area contributed by atoms with Gasteiger partial charge in [-0.25, -0.2) is 8.42 Å². The molecule has 0 aliphatic rings. The van der Waals surface area contributed by atoms with Crippen molar-refractivity contribution in [1.82, 2.24) is 4.72 Å². The summed E-state index contributed by atoms with van der Waals surface area (Å²) in [4.78, 5) is 23.9. The molecule has 1 N–H and O–H groups in total. The Morgan fingerprint density at radius 3 is 2.36 bits per heavy atom. The Hall–Kier alpha value is -2.91. The number of carbonyl (C=O) groups excluding carboxylic acids is 2. The minimum Gasteiger partial charge on any atom is -0.496 e. The zero-order valence-corrected chi connectivity index (χ0v) is 16.3. The van der Waals surface area contributed by atoms with Crippen molar-refractivity contribution in [1.29, 1.82) is 0 Å². The van der Waals surface area contributed by atoms with Crippen molar-refractivity contribution in [3.8, 4) is 11.5 Å². The van der Waals surface area contributed by atoms with Crippen molar-refractivity contribution in [3.63, 3.8) is 0 Å². The van der Waals surface area contributed by atoms with Crippen LogP contribution in [0.2, 0.25) is 0 Å². The second kappa shape index (κ2) is 9.86. The molecule has 0 radical (unpaired) electrons. The number of ether oxygens (including phenoxy) is 3. The van der Waals surface area contributed by atoms with E-state index in [1.807, 2.05) is 6.92 Å². The molecule has 0 heterocycles. The highest BCUT2D eigenvalue weighted by molar-refractivity contribution is 7.89. The summed E-state index contributed by atoms with van der Waals surface area (Å²) < 4.78 is 41.7. The third kappa shape index (κ3) is 5.80. The van der Waals surface area contributed by atoms with Crippen LogP contribution in [0.5, 0.6) is 11.5 Å². The molecule has 0 amide bonds. The minimum atomic E-state index is -3.90. The van der Waals surface area contributed by atoms with Gasteiger partial charge in [-0.15, -0.1) is 0 Å². The number of hydrogen-bond donors (Lipinski definition) is 1. The first kappa shape index (κ1) is 21.4. The predicted octanol–water partition coefficient (Wildman–Crippen LogP) is 1.80. The summed E-state index contributed by atoms with van der Waals surface area (Å²) in [6.45, 7) is 1.15. The molecule has 150 valence electrons. The second-order valence-electron chi connectivity index (χ2n) is 5.51. The van der Waals surface area contributed by atoms with Crippen LogP contribution in [0, 0.1) is 0 Å². The zero-order valence-electron chi connectivity index (χ0n) is 15.5.